The maximum Gasteiger partial charge on any atom is -0.0414 e. The van der Waals surface area contributed by atoms with Crippen molar-refractivity contribution in [1.29, 1.82) is 0 Å². The highest BCUT2D eigenvalue weighted by molar-refractivity contribution is 4.64. The molecule has 0 N–H and O–H groups in total. The quantitative estimate of drug-likeness (QED) is 0.424. The lowest BCUT2D eigenvalue weighted by Gasteiger charge is -2.12. The summed E-state index contributed by atoms with van der Waals surface area (Å²) in [4.78, 5) is 0. The zero-order valence-corrected chi connectivity index (χ0v) is 9.06. The number of rotatable bonds is 5. The first-order valence-corrected chi connectivity index (χ1v) is 6.22. The molecule has 0 heteroatoms. The topological polar surface area (TPSA) is 0 Å². The standard InChI is InChI=1S/C13H25/c1-2-3-4-7-10-13-11-8-5-6-9-12-13/h13H,1-12H2. The normalized spacial score (nSPS) is 20.1. The van der Waals surface area contributed by atoms with Crippen LogP contribution in [0.25, 0.3) is 0 Å². The van der Waals surface area contributed by atoms with E-state index in [2.05, 4.69) is 6.92 Å². The predicted molar refractivity (Wildman–Crippen MR) is 59.6 cm³/mol. The van der Waals surface area contributed by atoms with Crippen molar-refractivity contribution in [2.45, 2.75) is 70.6 Å². The van der Waals surface area contributed by atoms with E-state index in [0.717, 1.165) is 12.3 Å². The minimum absolute atomic E-state index is 1.08. The van der Waals surface area contributed by atoms with E-state index in [4.69, 9.17) is 0 Å². The van der Waals surface area contributed by atoms with E-state index in [1.165, 1.54) is 64.2 Å². The average molecular weight is 181 g/mol. The van der Waals surface area contributed by atoms with Gasteiger partial charge in [-0.3, -0.25) is 0 Å². The Labute approximate surface area is 84.1 Å². The molecule has 0 spiro atoms. The lowest BCUT2D eigenvalue weighted by Crippen LogP contribution is -1.98. The van der Waals surface area contributed by atoms with Gasteiger partial charge in [-0.25, -0.2) is 0 Å². The molecule has 1 fully saturated rings. The molecule has 0 aromatic heterocycles. The zero-order valence-electron chi connectivity index (χ0n) is 9.06. The Morgan fingerprint density at radius 3 is 2.15 bits per heavy atom. The van der Waals surface area contributed by atoms with Crippen molar-refractivity contribution in [3.05, 3.63) is 6.92 Å². The molecule has 1 saturated carbocycles. The molecular weight excluding hydrogens is 156 g/mol. The lowest BCUT2D eigenvalue weighted by molar-refractivity contribution is 0.407. The first-order chi connectivity index (χ1) is 6.43. The molecular formula is C13H25. The summed E-state index contributed by atoms with van der Waals surface area (Å²) in [5, 5.41) is 0. The van der Waals surface area contributed by atoms with Gasteiger partial charge in [-0.1, -0.05) is 77.6 Å². The van der Waals surface area contributed by atoms with Crippen molar-refractivity contribution >= 4 is 0 Å². The molecule has 0 aromatic rings. The van der Waals surface area contributed by atoms with E-state index < -0.39 is 0 Å². The van der Waals surface area contributed by atoms with Crippen LogP contribution in [0.2, 0.25) is 0 Å². The summed E-state index contributed by atoms with van der Waals surface area (Å²) in [5.74, 6) is 1.08. The molecule has 0 aliphatic heterocycles. The van der Waals surface area contributed by atoms with Crippen LogP contribution in [0.3, 0.4) is 0 Å². The first-order valence-electron chi connectivity index (χ1n) is 6.22. The van der Waals surface area contributed by atoms with Gasteiger partial charge in [0.2, 0.25) is 0 Å². The van der Waals surface area contributed by atoms with E-state index in [9.17, 15) is 0 Å². The summed E-state index contributed by atoms with van der Waals surface area (Å²) >= 11 is 0. The summed E-state index contributed by atoms with van der Waals surface area (Å²) in [6.45, 7) is 3.89. The molecule has 1 aliphatic rings. The highest BCUT2D eigenvalue weighted by atomic mass is 14.2. The third-order valence-corrected chi connectivity index (χ3v) is 3.34. The zero-order chi connectivity index (χ0) is 9.36. The van der Waals surface area contributed by atoms with Gasteiger partial charge >= 0.3 is 0 Å². The molecule has 0 unspecified atom stereocenters. The van der Waals surface area contributed by atoms with Crippen LogP contribution in [-0.2, 0) is 0 Å². The predicted octanol–water partition coefficient (Wildman–Crippen LogP) is 4.74. The van der Waals surface area contributed by atoms with Crippen LogP contribution >= 0.6 is 0 Å². The van der Waals surface area contributed by atoms with Crippen LogP contribution in [0.1, 0.15) is 70.6 Å². The van der Waals surface area contributed by atoms with Gasteiger partial charge in [0.05, 0.1) is 0 Å². The number of hydrogen-bond acceptors (Lipinski definition) is 0. The van der Waals surface area contributed by atoms with Crippen molar-refractivity contribution in [3.8, 4) is 0 Å². The minimum Gasteiger partial charge on any atom is -0.0533 e. The summed E-state index contributed by atoms with van der Waals surface area (Å²) < 4.78 is 0. The number of hydrogen-bond donors (Lipinski definition) is 0. The van der Waals surface area contributed by atoms with Crippen molar-refractivity contribution in [3.63, 3.8) is 0 Å². The van der Waals surface area contributed by atoms with Crippen LogP contribution in [0, 0.1) is 12.8 Å². The van der Waals surface area contributed by atoms with Crippen LogP contribution in [0.5, 0.6) is 0 Å². The fourth-order valence-corrected chi connectivity index (χ4v) is 2.44. The van der Waals surface area contributed by atoms with E-state index in [1.54, 1.807) is 0 Å². The Kier molecular flexibility index (Phi) is 6.31. The Balaban J connectivity index is 1.98. The maximum atomic E-state index is 3.89. The molecule has 1 rings (SSSR count). The summed E-state index contributed by atoms with van der Waals surface area (Å²) in [6.07, 6.45) is 15.9. The van der Waals surface area contributed by atoms with Crippen molar-refractivity contribution in [2.75, 3.05) is 0 Å². The van der Waals surface area contributed by atoms with Crippen LogP contribution < -0.4 is 0 Å². The van der Waals surface area contributed by atoms with Gasteiger partial charge in [0.15, 0.2) is 0 Å². The molecule has 1 radical (unpaired) electrons. The van der Waals surface area contributed by atoms with Crippen molar-refractivity contribution in [2.24, 2.45) is 5.92 Å². The highest BCUT2D eigenvalue weighted by Gasteiger charge is 2.10. The van der Waals surface area contributed by atoms with Crippen molar-refractivity contribution < 1.29 is 0 Å². The second kappa shape index (κ2) is 7.41. The van der Waals surface area contributed by atoms with Crippen molar-refractivity contribution in [1.82, 2.24) is 0 Å². The monoisotopic (exact) mass is 181 g/mol. The van der Waals surface area contributed by atoms with Gasteiger partial charge in [-0.2, -0.15) is 0 Å². The Morgan fingerprint density at radius 1 is 0.846 bits per heavy atom. The summed E-state index contributed by atoms with van der Waals surface area (Å²) in [5.41, 5.74) is 0. The molecule has 13 heavy (non-hydrogen) atoms. The minimum atomic E-state index is 1.08. The second-order valence-electron chi connectivity index (χ2n) is 4.56. The van der Waals surface area contributed by atoms with Gasteiger partial charge in [0, 0.05) is 0 Å². The fraction of sp³-hybridized carbons (Fsp3) is 0.923. The lowest BCUT2D eigenvalue weighted by atomic mass is 9.94. The summed E-state index contributed by atoms with van der Waals surface area (Å²) in [6, 6.07) is 0. The van der Waals surface area contributed by atoms with Gasteiger partial charge in [-0.05, 0) is 5.92 Å². The average Bonchev–Trinajstić information content (AvgIpc) is 2.41. The van der Waals surface area contributed by atoms with Gasteiger partial charge < -0.3 is 0 Å². The molecule has 0 amide bonds. The Bertz CT molecular complexity index is 98.6. The number of unbranched alkanes of at least 4 members (excludes halogenated alkanes) is 3. The smallest absolute Gasteiger partial charge is 0.0414 e. The largest absolute Gasteiger partial charge is 0.0533 e. The molecule has 0 atom stereocenters. The molecule has 0 saturated heterocycles. The SMILES string of the molecule is [CH2]CCCCCC1CCCCCC1. The van der Waals surface area contributed by atoms with Gasteiger partial charge in [0.25, 0.3) is 0 Å². The first kappa shape index (κ1) is 11.1. The second-order valence-corrected chi connectivity index (χ2v) is 4.56. The highest BCUT2D eigenvalue weighted by Crippen LogP contribution is 2.27. The molecule has 1 aliphatic carbocycles. The Morgan fingerprint density at radius 2 is 1.54 bits per heavy atom. The molecule has 77 valence electrons. The van der Waals surface area contributed by atoms with Crippen LogP contribution in [0.4, 0.5) is 0 Å². The van der Waals surface area contributed by atoms with Crippen LogP contribution in [0.15, 0.2) is 0 Å². The van der Waals surface area contributed by atoms with Gasteiger partial charge in [0.1, 0.15) is 0 Å². The van der Waals surface area contributed by atoms with E-state index in [1.807, 2.05) is 0 Å². The van der Waals surface area contributed by atoms with Crippen LogP contribution in [-0.4, -0.2) is 0 Å². The third kappa shape index (κ3) is 5.33. The maximum absolute atomic E-state index is 3.89. The molecule has 0 bridgehead atoms. The fourth-order valence-electron chi connectivity index (χ4n) is 2.44. The van der Waals surface area contributed by atoms with E-state index in [0.29, 0.717) is 0 Å². The molecule has 0 aromatic carbocycles. The molecule has 0 heterocycles. The van der Waals surface area contributed by atoms with E-state index in [-0.39, 0.29) is 0 Å². The third-order valence-electron chi connectivity index (χ3n) is 3.34. The molecule has 0 nitrogen and oxygen atoms in total. The Hall–Kier alpha value is 0. The van der Waals surface area contributed by atoms with Gasteiger partial charge in [-0.15, -0.1) is 0 Å². The summed E-state index contributed by atoms with van der Waals surface area (Å²) in [7, 11) is 0. The van der Waals surface area contributed by atoms with E-state index >= 15 is 0 Å².